The van der Waals surface area contributed by atoms with E-state index in [0.29, 0.717) is 11.7 Å². The largest absolute Gasteiger partial charge is 0.346 e. The maximum Gasteiger partial charge on any atom is 0.266 e. The summed E-state index contributed by atoms with van der Waals surface area (Å²) in [5.74, 6) is -0.379. The predicted octanol–water partition coefficient (Wildman–Crippen LogP) is 6.31. The lowest BCUT2D eigenvalue weighted by Crippen LogP contribution is -2.15. The van der Waals surface area contributed by atoms with Crippen molar-refractivity contribution in [3.05, 3.63) is 71.1 Å². The molecule has 0 spiro atoms. The summed E-state index contributed by atoms with van der Waals surface area (Å²) in [7, 11) is 0. The number of aromatic nitrogens is 1. The fourth-order valence-corrected chi connectivity index (χ4v) is 4.62. The van der Waals surface area contributed by atoms with Crippen molar-refractivity contribution in [3.63, 3.8) is 0 Å². The van der Waals surface area contributed by atoms with Crippen LogP contribution in [0.5, 0.6) is 0 Å². The zero-order valence-corrected chi connectivity index (χ0v) is 17.6. The molecular weight excluding hydrogens is 370 g/mol. The first-order chi connectivity index (χ1) is 14.6. The summed E-state index contributed by atoms with van der Waals surface area (Å²) in [4.78, 5) is 12.8. The van der Waals surface area contributed by atoms with E-state index in [1.165, 1.54) is 37.8 Å². The molecule has 0 radical (unpaired) electrons. The van der Waals surface area contributed by atoms with E-state index in [9.17, 15) is 10.1 Å². The number of carbonyl (C=O) groups excluding carboxylic acids is 1. The number of benzene rings is 2. The molecule has 0 unspecified atom stereocenters. The van der Waals surface area contributed by atoms with Gasteiger partial charge in [-0.25, -0.2) is 0 Å². The average molecular weight is 398 g/mol. The molecule has 1 aromatic heterocycles. The number of anilines is 1. The van der Waals surface area contributed by atoms with Crippen molar-refractivity contribution in [2.75, 3.05) is 5.32 Å². The Balaban J connectivity index is 1.58. The monoisotopic (exact) mass is 397 g/mol. The van der Waals surface area contributed by atoms with E-state index >= 15 is 0 Å². The van der Waals surface area contributed by atoms with E-state index in [1.54, 1.807) is 6.08 Å². The van der Waals surface area contributed by atoms with Crippen molar-refractivity contribution < 1.29 is 4.79 Å². The molecule has 1 N–H and O–H groups in total. The van der Waals surface area contributed by atoms with Gasteiger partial charge in [0.05, 0.1) is 0 Å². The Morgan fingerprint density at radius 2 is 1.80 bits per heavy atom. The average Bonchev–Trinajstić information content (AvgIpc) is 3.05. The van der Waals surface area contributed by atoms with Gasteiger partial charge in [-0.1, -0.05) is 49.6 Å². The van der Waals surface area contributed by atoms with Gasteiger partial charge in [-0.05, 0) is 67.3 Å². The van der Waals surface area contributed by atoms with Gasteiger partial charge >= 0.3 is 0 Å². The molecule has 1 fully saturated rings. The quantitative estimate of drug-likeness (QED) is 0.414. The molecule has 152 valence electrons. The molecule has 0 saturated heterocycles. The second kappa shape index (κ2) is 8.59. The van der Waals surface area contributed by atoms with Crippen LogP contribution in [0.4, 0.5) is 5.69 Å². The molecule has 1 aliphatic rings. The molecule has 0 aliphatic heterocycles. The van der Waals surface area contributed by atoms with Gasteiger partial charge in [-0.2, -0.15) is 5.26 Å². The van der Waals surface area contributed by atoms with Crippen LogP contribution in [0.3, 0.4) is 0 Å². The summed E-state index contributed by atoms with van der Waals surface area (Å²) in [6.07, 6.45) is 7.98. The Bertz CT molecular complexity index is 1160. The Morgan fingerprint density at radius 3 is 2.53 bits per heavy atom. The molecule has 1 heterocycles. The third-order valence-corrected chi connectivity index (χ3v) is 6.14. The molecule has 1 saturated carbocycles. The fraction of sp³-hybridized carbons (Fsp3) is 0.308. The number of nitrogens with one attached hydrogen (secondary N) is 1. The van der Waals surface area contributed by atoms with Crippen LogP contribution in [-0.4, -0.2) is 10.5 Å². The van der Waals surface area contributed by atoms with Crippen LogP contribution in [0.1, 0.15) is 55.1 Å². The lowest BCUT2D eigenvalue weighted by Gasteiger charge is -2.26. The van der Waals surface area contributed by atoms with Crippen LogP contribution in [0.15, 0.2) is 54.1 Å². The van der Waals surface area contributed by atoms with E-state index in [4.69, 9.17) is 0 Å². The van der Waals surface area contributed by atoms with E-state index in [2.05, 4.69) is 35.9 Å². The maximum absolute atomic E-state index is 12.8. The smallest absolute Gasteiger partial charge is 0.266 e. The Hall–Kier alpha value is -3.32. The third-order valence-electron chi connectivity index (χ3n) is 6.14. The topological polar surface area (TPSA) is 57.8 Å². The maximum atomic E-state index is 12.8. The SMILES string of the molecule is Cc1cc(/C=C(\C#N)C(=O)Nc2ccc3ccccc3c2)c(C)n1C1CCCCC1. The van der Waals surface area contributed by atoms with Crippen LogP contribution >= 0.6 is 0 Å². The number of hydrogen-bond acceptors (Lipinski definition) is 2. The van der Waals surface area contributed by atoms with Crippen LogP contribution < -0.4 is 5.32 Å². The van der Waals surface area contributed by atoms with Crippen molar-refractivity contribution in [1.82, 2.24) is 4.57 Å². The normalized spacial score (nSPS) is 15.2. The van der Waals surface area contributed by atoms with Gasteiger partial charge in [0.1, 0.15) is 11.6 Å². The summed E-state index contributed by atoms with van der Waals surface area (Å²) in [5, 5.41) is 14.7. The first kappa shape index (κ1) is 20.0. The molecule has 30 heavy (non-hydrogen) atoms. The molecule has 0 bridgehead atoms. The van der Waals surface area contributed by atoms with Gasteiger partial charge in [0.2, 0.25) is 0 Å². The van der Waals surface area contributed by atoms with Gasteiger partial charge in [-0.15, -0.1) is 0 Å². The molecule has 3 aromatic rings. The highest BCUT2D eigenvalue weighted by Crippen LogP contribution is 2.32. The number of nitriles is 1. The van der Waals surface area contributed by atoms with Gasteiger partial charge in [0.15, 0.2) is 0 Å². The van der Waals surface area contributed by atoms with Crippen molar-refractivity contribution in [2.24, 2.45) is 0 Å². The summed E-state index contributed by atoms with van der Waals surface area (Å²) in [5.41, 5.74) is 4.08. The molecule has 0 atom stereocenters. The zero-order valence-electron chi connectivity index (χ0n) is 17.6. The van der Waals surface area contributed by atoms with Crippen LogP contribution in [-0.2, 0) is 4.79 Å². The minimum absolute atomic E-state index is 0.118. The molecular formula is C26H27N3O. The molecule has 2 aromatic carbocycles. The fourth-order valence-electron chi connectivity index (χ4n) is 4.62. The third kappa shape index (κ3) is 4.02. The number of hydrogen-bond donors (Lipinski definition) is 1. The molecule has 1 amide bonds. The van der Waals surface area contributed by atoms with Gasteiger partial charge < -0.3 is 9.88 Å². The second-order valence-electron chi connectivity index (χ2n) is 8.17. The van der Waals surface area contributed by atoms with E-state index < -0.39 is 0 Å². The standard InChI is InChI=1S/C26H27N3O/c1-18-14-22(19(2)29(18)25-10-4-3-5-11-25)15-23(17-27)26(30)28-24-13-12-20-8-6-7-9-21(20)16-24/h6-9,12-16,25H,3-5,10-11H2,1-2H3,(H,28,30)/b23-15+. The lowest BCUT2D eigenvalue weighted by atomic mass is 9.95. The number of amides is 1. The minimum Gasteiger partial charge on any atom is -0.346 e. The molecule has 4 rings (SSSR count). The Kier molecular flexibility index (Phi) is 5.72. The predicted molar refractivity (Wildman–Crippen MR) is 122 cm³/mol. The second-order valence-corrected chi connectivity index (χ2v) is 8.17. The van der Waals surface area contributed by atoms with Crippen molar-refractivity contribution >= 4 is 28.4 Å². The van der Waals surface area contributed by atoms with E-state index in [1.807, 2.05) is 42.5 Å². The molecule has 4 heteroatoms. The van der Waals surface area contributed by atoms with Gasteiger partial charge in [0.25, 0.3) is 5.91 Å². The highest BCUT2D eigenvalue weighted by molar-refractivity contribution is 6.10. The molecule has 1 aliphatic carbocycles. The zero-order chi connectivity index (χ0) is 21.1. The van der Waals surface area contributed by atoms with Gasteiger partial charge in [-0.3, -0.25) is 4.79 Å². The van der Waals surface area contributed by atoms with Crippen molar-refractivity contribution in [2.45, 2.75) is 52.0 Å². The highest BCUT2D eigenvalue weighted by atomic mass is 16.1. The Labute approximate surface area is 177 Å². The van der Waals surface area contributed by atoms with E-state index in [0.717, 1.165) is 22.0 Å². The first-order valence-electron chi connectivity index (χ1n) is 10.7. The highest BCUT2D eigenvalue weighted by Gasteiger charge is 2.20. The summed E-state index contributed by atoms with van der Waals surface area (Å²) in [6.45, 7) is 4.20. The number of fused-ring (bicyclic) bond motifs is 1. The van der Waals surface area contributed by atoms with Gasteiger partial charge in [0, 0.05) is 23.1 Å². The summed E-state index contributed by atoms with van der Waals surface area (Å²) in [6, 6.07) is 18.5. The Morgan fingerprint density at radius 1 is 1.07 bits per heavy atom. The van der Waals surface area contributed by atoms with E-state index in [-0.39, 0.29) is 11.5 Å². The van der Waals surface area contributed by atoms with Crippen molar-refractivity contribution in [1.29, 1.82) is 5.26 Å². The number of rotatable bonds is 4. The number of nitrogens with zero attached hydrogens (tertiary/aromatic N) is 2. The van der Waals surface area contributed by atoms with Crippen LogP contribution in [0.25, 0.3) is 16.8 Å². The number of carbonyl (C=O) groups is 1. The molecule has 4 nitrogen and oxygen atoms in total. The van der Waals surface area contributed by atoms with Crippen LogP contribution in [0.2, 0.25) is 0 Å². The lowest BCUT2D eigenvalue weighted by molar-refractivity contribution is -0.112. The number of aryl methyl sites for hydroxylation is 1. The summed E-state index contributed by atoms with van der Waals surface area (Å²) >= 11 is 0. The van der Waals surface area contributed by atoms with Crippen molar-refractivity contribution in [3.8, 4) is 6.07 Å². The van der Waals surface area contributed by atoms with Crippen LogP contribution in [0, 0.1) is 25.2 Å². The first-order valence-corrected chi connectivity index (χ1v) is 10.7. The summed E-state index contributed by atoms with van der Waals surface area (Å²) < 4.78 is 2.39. The minimum atomic E-state index is -0.379.